The van der Waals surface area contributed by atoms with Crippen LogP contribution in [0.4, 0.5) is 0 Å². The lowest BCUT2D eigenvalue weighted by atomic mass is 10.0. The van der Waals surface area contributed by atoms with Crippen LogP contribution in [0.1, 0.15) is 28.7 Å². The zero-order valence-corrected chi connectivity index (χ0v) is 18.3. The van der Waals surface area contributed by atoms with Gasteiger partial charge in [0, 0.05) is 27.7 Å². The van der Waals surface area contributed by atoms with Crippen LogP contribution in [-0.4, -0.2) is 22.9 Å². The smallest absolute Gasteiger partial charge is 0.311 e. The molecule has 0 bridgehead atoms. The second kappa shape index (κ2) is 8.75. The molecular formula is C29H23NO3. The predicted molar refractivity (Wildman–Crippen MR) is 131 cm³/mol. The zero-order chi connectivity index (χ0) is 22.8. The second-order valence-electron chi connectivity index (χ2n) is 7.89. The predicted octanol–water partition coefficient (Wildman–Crippen LogP) is 6.12. The molecule has 0 saturated heterocycles. The standard InChI is InChI=1S/C29H23NO3/c1-2-33-27(31)19-26-24-17-21-13-9-10-14-22(21)18-25(24)28(29(32)20-11-5-3-6-12-20)30(26)23-15-7-4-8-16-23/h3-18H,2,19H2,1H3. The van der Waals surface area contributed by atoms with Gasteiger partial charge in [-0.2, -0.15) is 0 Å². The van der Waals surface area contributed by atoms with Crippen LogP contribution in [-0.2, 0) is 16.0 Å². The SMILES string of the molecule is CCOC(=O)Cc1c2cc3ccccc3cc2c(C(=O)c2ccccc2)n1-c1ccccc1. The molecule has 5 rings (SSSR count). The fraction of sp³-hybridized carbons (Fsp3) is 0.103. The third kappa shape index (κ3) is 3.80. The molecule has 0 amide bonds. The molecule has 162 valence electrons. The summed E-state index contributed by atoms with van der Waals surface area (Å²) >= 11 is 0. The summed E-state index contributed by atoms with van der Waals surface area (Å²) in [5.74, 6) is -0.407. The molecule has 0 spiro atoms. The number of esters is 1. The minimum Gasteiger partial charge on any atom is -0.466 e. The molecule has 4 nitrogen and oxygen atoms in total. The Bertz CT molecular complexity index is 1470. The van der Waals surface area contributed by atoms with Crippen LogP contribution in [0.2, 0.25) is 0 Å². The first-order chi connectivity index (χ1) is 16.2. The molecule has 0 radical (unpaired) electrons. The number of para-hydroxylation sites is 1. The summed E-state index contributed by atoms with van der Waals surface area (Å²) in [7, 11) is 0. The van der Waals surface area contributed by atoms with Crippen LogP contribution in [0.5, 0.6) is 0 Å². The molecular weight excluding hydrogens is 410 g/mol. The van der Waals surface area contributed by atoms with E-state index in [0.717, 1.165) is 32.9 Å². The Kier molecular flexibility index (Phi) is 5.49. The molecule has 4 heteroatoms. The molecule has 33 heavy (non-hydrogen) atoms. The molecule has 4 aromatic carbocycles. The van der Waals surface area contributed by atoms with Crippen molar-refractivity contribution in [3.63, 3.8) is 0 Å². The highest BCUT2D eigenvalue weighted by Crippen LogP contribution is 2.35. The molecule has 5 aromatic rings. The van der Waals surface area contributed by atoms with Gasteiger partial charge in [-0.3, -0.25) is 9.59 Å². The lowest BCUT2D eigenvalue weighted by Gasteiger charge is -2.13. The Hall–Kier alpha value is -4.18. The monoisotopic (exact) mass is 433 g/mol. The molecule has 1 heterocycles. The topological polar surface area (TPSA) is 48.3 Å². The lowest BCUT2D eigenvalue weighted by molar-refractivity contribution is -0.142. The fourth-order valence-electron chi connectivity index (χ4n) is 4.39. The quantitative estimate of drug-likeness (QED) is 0.239. The van der Waals surface area contributed by atoms with Crippen LogP contribution < -0.4 is 0 Å². The van der Waals surface area contributed by atoms with Crippen LogP contribution in [0.3, 0.4) is 0 Å². The van der Waals surface area contributed by atoms with E-state index in [0.29, 0.717) is 17.9 Å². The van der Waals surface area contributed by atoms with Gasteiger partial charge in [-0.15, -0.1) is 0 Å². The third-order valence-corrected chi connectivity index (χ3v) is 5.83. The molecule has 0 aliphatic carbocycles. The van der Waals surface area contributed by atoms with E-state index < -0.39 is 0 Å². The normalized spacial score (nSPS) is 11.1. The highest BCUT2D eigenvalue weighted by Gasteiger charge is 2.26. The first-order valence-electron chi connectivity index (χ1n) is 11.0. The van der Waals surface area contributed by atoms with Crippen molar-refractivity contribution in [3.05, 3.63) is 114 Å². The van der Waals surface area contributed by atoms with Gasteiger partial charge < -0.3 is 9.30 Å². The van der Waals surface area contributed by atoms with Gasteiger partial charge in [0.15, 0.2) is 0 Å². The number of hydrogen-bond donors (Lipinski definition) is 0. The summed E-state index contributed by atoms with van der Waals surface area (Å²) < 4.78 is 7.22. The van der Waals surface area contributed by atoms with Gasteiger partial charge in [0.05, 0.1) is 13.0 Å². The molecule has 0 aliphatic rings. The van der Waals surface area contributed by atoms with Crippen LogP contribution in [0.25, 0.3) is 27.2 Å². The van der Waals surface area contributed by atoms with Gasteiger partial charge in [0.1, 0.15) is 5.69 Å². The van der Waals surface area contributed by atoms with Crippen molar-refractivity contribution in [3.8, 4) is 5.69 Å². The molecule has 0 N–H and O–H groups in total. The lowest BCUT2D eigenvalue weighted by Crippen LogP contribution is -2.15. The van der Waals surface area contributed by atoms with Crippen molar-refractivity contribution in [1.82, 2.24) is 4.57 Å². The first kappa shape index (κ1) is 20.7. The van der Waals surface area contributed by atoms with E-state index in [1.807, 2.05) is 89.5 Å². The number of ether oxygens (including phenoxy) is 1. The summed E-state index contributed by atoms with van der Waals surface area (Å²) in [6, 6.07) is 31.1. The average Bonchev–Trinajstić information content (AvgIpc) is 3.16. The van der Waals surface area contributed by atoms with Crippen LogP contribution in [0.15, 0.2) is 97.1 Å². The Morgan fingerprint density at radius 2 is 1.33 bits per heavy atom. The number of fused-ring (bicyclic) bond motifs is 2. The number of aromatic nitrogens is 1. The van der Waals surface area contributed by atoms with Crippen molar-refractivity contribution in [1.29, 1.82) is 0 Å². The number of hydrogen-bond acceptors (Lipinski definition) is 3. The molecule has 0 aliphatic heterocycles. The van der Waals surface area contributed by atoms with Crippen molar-refractivity contribution < 1.29 is 14.3 Å². The number of ketones is 1. The van der Waals surface area contributed by atoms with Crippen molar-refractivity contribution in [2.24, 2.45) is 0 Å². The van der Waals surface area contributed by atoms with Gasteiger partial charge >= 0.3 is 5.97 Å². The fourth-order valence-corrected chi connectivity index (χ4v) is 4.39. The van der Waals surface area contributed by atoms with Crippen molar-refractivity contribution in [2.75, 3.05) is 6.61 Å². The molecule has 0 fully saturated rings. The van der Waals surface area contributed by atoms with Gasteiger partial charge in [0.2, 0.25) is 5.78 Å². The van der Waals surface area contributed by atoms with E-state index in [2.05, 4.69) is 12.1 Å². The number of benzene rings is 4. The Labute approximate surface area is 192 Å². The van der Waals surface area contributed by atoms with Gasteiger partial charge in [-0.05, 0) is 42.0 Å². The minimum atomic E-state index is -0.319. The molecule has 1 aromatic heterocycles. The van der Waals surface area contributed by atoms with E-state index in [-0.39, 0.29) is 18.2 Å². The minimum absolute atomic E-state index is 0.0691. The molecule has 0 saturated carbocycles. The maximum atomic E-state index is 13.9. The van der Waals surface area contributed by atoms with E-state index in [4.69, 9.17) is 4.74 Å². The summed E-state index contributed by atoms with van der Waals surface area (Å²) in [6.45, 7) is 2.10. The number of nitrogens with zero attached hydrogens (tertiary/aromatic N) is 1. The summed E-state index contributed by atoms with van der Waals surface area (Å²) in [4.78, 5) is 26.5. The maximum Gasteiger partial charge on any atom is 0.311 e. The number of rotatable bonds is 6. The van der Waals surface area contributed by atoms with E-state index in [1.54, 1.807) is 6.92 Å². The highest BCUT2D eigenvalue weighted by molar-refractivity contribution is 6.19. The van der Waals surface area contributed by atoms with Crippen LogP contribution >= 0.6 is 0 Å². The largest absolute Gasteiger partial charge is 0.466 e. The Morgan fingerprint density at radius 3 is 1.97 bits per heavy atom. The number of carbonyl (C=O) groups excluding carboxylic acids is 2. The third-order valence-electron chi connectivity index (χ3n) is 5.83. The van der Waals surface area contributed by atoms with Gasteiger partial charge in [-0.1, -0.05) is 72.8 Å². The maximum absolute atomic E-state index is 13.9. The Balaban J connectivity index is 1.88. The van der Waals surface area contributed by atoms with Crippen molar-refractivity contribution >= 4 is 33.3 Å². The molecule has 0 unspecified atom stereocenters. The second-order valence-corrected chi connectivity index (χ2v) is 7.89. The Morgan fingerprint density at radius 1 is 0.758 bits per heavy atom. The van der Waals surface area contributed by atoms with Gasteiger partial charge in [-0.25, -0.2) is 0 Å². The first-order valence-corrected chi connectivity index (χ1v) is 11.0. The molecule has 0 atom stereocenters. The highest BCUT2D eigenvalue weighted by atomic mass is 16.5. The van der Waals surface area contributed by atoms with Crippen LogP contribution in [0, 0.1) is 0 Å². The summed E-state index contributed by atoms with van der Waals surface area (Å²) in [6.07, 6.45) is 0.0691. The van der Waals surface area contributed by atoms with Crippen molar-refractivity contribution in [2.45, 2.75) is 13.3 Å². The number of carbonyl (C=O) groups is 2. The van der Waals surface area contributed by atoms with E-state index >= 15 is 0 Å². The average molecular weight is 434 g/mol. The summed E-state index contributed by atoms with van der Waals surface area (Å²) in [5.41, 5.74) is 2.73. The van der Waals surface area contributed by atoms with Gasteiger partial charge in [0.25, 0.3) is 0 Å². The summed E-state index contributed by atoms with van der Waals surface area (Å²) in [5, 5.41) is 3.80. The zero-order valence-electron chi connectivity index (χ0n) is 18.3. The van der Waals surface area contributed by atoms with E-state index in [1.165, 1.54) is 0 Å². The van der Waals surface area contributed by atoms with E-state index in [9.17, 15) is 9.59 Å².